The van der Waals surface area contributed by atoms with Crippen molar-refractivity contribution in [2.45, 2.75) is 44.7 Å². The van der Waals surface area contributed by atoms with E-state index in [2.05, 4.69) is 18.1 Å². The van der Waals surface area contributed by atoms with Crippen LogP contribution in [0.15, 0.2) is 12.1 Å². The van der Waals surface area contributed by atoms with E-state index in [4.69, 9.17) is 5.26 Å². The summed E-state index contributed by atoms with van der Waals surface area (Å²) in [7, 11) is -1.11. The maximum Gasteiger partial charge on any atom is 0.268 e. The van der Waals surface area contributed by atoms with E-state index < -0.39 is 7.26 Å². The molecule has 2 aliphatic rings. The number of carbonyl (C=O) groups is 1. The van der Waals surface area contributed by atoms with Gasteiger partial charge in [0.1, 0.15) is 0 Å². The molecule has 116 valence electrons. The second kappa shape index (κ2) is 5.36. The predicted octanol–water partition coefficient (Wildman–Crippen LogP) is 4.09. The van der Waals surface area contributed by atoms with Gasteiger partial charge in [-0.25, -0.2) is 0 Å². The molecule has 3 nitrogen and oxygen atoms in total. The number of rotatable bonds is 3. The molecule has 1 aliphatic heterocycles. The summed E-state index contributed by atoms with van der Waals surface area (Å²) in [5.41, 5.74) is 3.52. The fourth-order valence-corrected chi connectivity index (χ4v) is 8.71. The zero-order valence-corrected chi connectivity index (χ0v) is 14.6. The fraction of sp³-hybridized carbons (Fsp3) is 0.556. The molecule has 1 aliphatic carbocycles. The Morgan fingerprint density at radius 1 is 1.23 bits per heavy atom. The maximum absolute atomic E-state index is 13.0. The summed E-state index contributed by atoms with van der Waals surface area (Å²) >= 11 is 0. The largest absolute Gasteiger partial charge is 0.322 e. The van der Waals surface area contributed by atoms with Gasteiger partial charge >= 0.3 is 0 Å². The molecule has 0 unspecified atom stereocenters. The van der Waals surface area contributed by atoms with E-state index in [0.29, 0.717) is 5.56 Å². The van der Waals surface area contributed by atoms with Crippen molar-refractivity contribution in [3.8, 4) is 6.07 Å². The molecule has 22 heavy (non-hydrogen) atoms. The molecule has 1 saturated carbocycles. The van der Waals surface area contributed by atoms with Crippen LogP contribution in [0.5, 0.6) is 0 Å². The van der Waals surface area contributed by atoms with Crippen molar-refractivity contribution >= 4 is 18.9 Å². The number of aryl methyl sites for hydroxylation is 2. The van der Waals surface area contributed by atoms with Gasteiger partial charge in [-0.1, -0.05) is 0 Å². The Morgan fingerprint density at radius 3 is 2.23 bits per heavy atom. The molecule has 0 bridgehead atoms. The third-order valence-electron chi connectivity index (χ3n) is 5.63. The molecule has 2 fully saturated rings. The summed E-state index contributed by atoms with van der Waals surface area (Å²) in [4.78, 5) is 13.0. The van der Waals surface area contributed by atoms with E-state index >= 15 is 0 Å². The molecular formula is C18H24N2OP+. The first-order valence-electron chi connectivity index (χ1n) is 8.09. The number of hydrogen-bond acceptors (Lipinski definition) is 2. The Balaban J connectivity index is 1.85. The molecule has 0 atom stereocenters. The second-order valence-electron chi connectivity index (χ2n) is 7.13. The first kappa shape index (κ1) is 15.5. The number of amides is 1. The summed E-state index contributed by atoms with van der Waals surface area (Å²) < 4.78 is 0. The molecule has 0 radical (unpaired) electrons. The van der Waals surface area contributed by atoms with Gasteiger partial charge in [0.15, 0.2) is 5.16 Å². The molecule has 0 aromatic heterocycles. The lowest BCUT2D eigenvalue weighted by molar-refractivity contribution is -0.116. The van der Waals surface area contributed by atoms with Crippen LogP contribution in [0, 0.1) is 25.2 Å². The Bertz CT molecular complexity index is 641. The van der Waals surface area contributed by atoms with Gasteiger partial charge in [0, 0.05) is 32.5 Å². The molecule has 4 heteroatoms. The monoisotopic (exact) mass is 315 g/mol. The molecule has 3 rings (SSSR count). The van der Waals surface area contributed by atoms with Crippen LogP contribution in [0.3, 0.4) is 0 Å². The smallest absolute Gasteiger partial charge is 0.268 e. The first-order valence-corrected chi connectivity index (χ1v) is 10.7. The fourth-order valence-electron chi connectivity index (χ4n) is 4.05. The van der Waals surface area contributed by atoms with Crippen molar-refractivity contribution < 1.29 is 4.79 Å². The Morgan fingerprint density at radius 2 is 1.77 bits per heavy atom. The molecule has 1 saturated heterocycles. The molecule has 1 N–H and O–H groups in total. The molecule has 1 aromatic carbocycles. The number of hydrogen-bond donors (Lipinski definition) is 1. The van der Waals surface area contributed by atoms with Crippen LogP contribution in [-0.2, 0) is 4.79 Å². The van der Waals surface area contributed by atoms with E-state index in [9.17, 15) is 4.79 Å². The topological polar surface area (TPSA) is 52.9 Å². The quantitative estimate of drug-likeness (QED) is 0.854. The average Bonchev–Trinajstić information content (AvgIpc) is 3.20. The van der Waals surface area contributed by atoms with Crippen LogP contribution in [0.4, 0.5) is 5.69 Å². The van der Waals surface area contributed by atoms with Crippen molar-refractivity contribution in [1.82, 2.24) is 0 Å². The zero-order valence-electron chi connectivity index (χ0n) is 13.7. The van der Waals surface area contributed by atoms with Crippen molar-refractivity contribution in [3.05, 3.63) is 28.8 Å². The van der Waals surface area contributed by atoms with Gasteiger partial charge in [0.2, 0.25) is 0 Å². The molecule has 1 amide bonds. The number of anilines is 1. The van der Waals surface area contributed by atoms with E-state index in [1.54, 1.807) is 0 Å². The van der Waals surface area contributed by atoms with Crippen molar-refractivity contribution in [1.29, 1.82) is 5.26 Å². The number of nitrogens with zero attached hydrogens (tertiary/aromatic N) is 1. The SMILES string of the molecule is Cc1cc(C#N)cc(C)c1NC(=O)C1([P+]2(C)CCCC2)CC1. The summed E-state index contributed by atoms with van der Waals surface area (Å²) in [6, 6.07) is 5.89. The molecule has 0 spiro atoms. The van der Waals surface area contributed by atoms with E-state index in [-0.39, 0.29) is 11.1 Å². The standard InChI is InChI=1S/C18H23N2OP/c1-13-10-15(12-19)11-14(2)16(13)20-17(21)18(6-7-18)22(3)8-4-5-9-22/h10-11H,4-9H2,1-3H3/p+1. The van der Waals surface area contributed by atoms with Crippen LogP contribution in [0.1, 0.15) is 42.4 Å². The lowest BCUT2D eigenvalue weighted by atomic mass is 10.0. The molecule has 1 heterocycles. The summed E-state index contributed by atoms with van der Waals surface area (Å²) in [5, 5.41) is 12.2. The number of nitriles is 1. The number of benzene rings is 1. The minimum atomic E-state index is -1.11. The molecular weight excluding hydrogens is 291 g/mol. The van der Waals surface area contributed by atoms with Crippen LogP contribution in [0.2, 0.25) is 0 Å². The van der Waals surface area contributed by atoms with Gasteiger partial charge in [0.25, 0.3) is 5.91 Å². The number of nitrogens with one attached hydrogen (secondary N) is 1. The van der Waals surface area contributed by atoms with Gasteiger partial charge in [-0.3, -0.25) is 4.79 Å². The minimum Gasteiger partial charge on any atom is -0.322 e. The minimum absolute atomic E-state index is 0.0454. The highest BCUT2D eigenvalue weighted by Gasteiger charge is 2.68. The third kappa shape index (κ3) is 2.34. The van der Waals surface area contributed by atoms with E-state index in [1.807, 2.05) is 26.0 Å². The highest BCUT2D eigenvalue weighted by molar-refractivity contribution is 7.78. The average molecular weight is 315 g/mol. The third-order valence-corrected chi connectivity index (χ3v) is 11.0. The van der Waals surface area contributed by atoms with Gasteiger partial charge in [-0.05, 0) is 49.9 Å². The predicted molar refractivity (Wildman–Crippen MR) is 93.0 cm³/mol. The summed E-state index contributed by atoms with van der Waals surface area (Å²) in [5.74, 6) is 0.237. The van der Waals surface area contributed by atoms with Crippen molar-refractivity contribution in [3.63, 3.8) is 0 Å². The van der Waals surface area contributed by atoms with Crippen LogP contribution < -0.4 is 5.32 Å². The van der Waals surface area contributed by atoms with E-state index in [1.165, 1.54) is 25.2 Å². The van der Waals surface area contributed by atoms with Gasteiger partial charge < -0.3 is 5.32 Å². The highest BCUT2D eigenvalue weighted by atomic mass is 31.2. The van der Waals surface area contributed by atoms with E-state index in [0.717, 1.165) is 29.7 Å². The lowest BCUT2D eigenvalue weighted by Gasteiger charge is -2.27. The second-order valence-corrected chi connectivity index (χ2v) is 11.7. The van der Waals surface area contributed by atoms with Crippen LogP contribution >= 0.6 is 7.26 Å². The van der Waals surface area contributed by atoms with Crippen LogP contribution in [0.25, 0.3) is 0 Å². The van der Waals surface area contributed by atoms with Crippen molar-refractivity contribution in [2.75, 3.05) is 24.3 Å². The first-order chi connectivity index (χ1) is 10.4. The molecule has 1 aromatic rings. The normalized spacial score (nSPS) is 21.2. The van der Waals surface area contributed by atoms with Crippen molar-refractivity contribution in [2.24, 2.45) is 0 Å². The number of carbonyl (C=O) groups excluding carboxylic acids is 1. The van der Waals surface area contributed by atoms with Gasteiger partial charge in [0.05, 0.1) is 24.0 Å². The summed E-state index contributed by atoms with van der Waals surface area (Å²) in [6.07, 6.45) is 7.30. The van der Waals surface area contributed by atoms with Crippen LogP contribution in [-0.4, -0.2) is 30.1 Å². The lowest BCUT2D eigenvalue weighted by Crippen LogP contribution is -2.33. The Kier molecular flexibility index (Phi) is 3.77. The summed E-state index contributed by atoms with van der Waals surface area (Å²) in [6.45, 7) is 6.34. The maximum atomic E-state index is 13.0. The Hall–Kier alpha value is -1.39. The zero-order chi connectivity index (χ0) is 16.0. The highest BCUT2D eigenvalue weighted by Crippen LogP contribution is 2.78. The van der Waals surface area contributed by atoms with Gasteiger partial charge in [-0.15, -0.1) is 0 Å². The Labute approximate surface area is 133 Å². The van der Waals surface area contributed by atoms with Gasteiger partial charge in [-0.2, -0.15) is 5.26 Å².